The molecule has 0 spiro atoms. The summed E-state index contributed by atoms with van der Waals surface area (Å²) in [6.45, 7) is 7.28. The summed E-state index contributed by atoms with van der Waals surface area (Å²) in [6, 6.07) is 8.06. The third-order valence-electron chi connectivity index (χ3n) is 3.23. The van der Waals surface area contributed by atoms with E-state index in [-0.39, 0.29) is 0 Å². The fraction of sp³-hybridized carbons (Fsp3) is 0.400. The van der Waals surface area contributed by atoms with Crippen LogP contribution in [0.4, 0.5) is 0 Å². The van der Waals surface area contributed by atoms with Crippen LogP contribution in [0.25, 0.3) is 0 Å². The number of rotatable bonds is 6. The molecule has 4 heteroatoms. The minimum atomic E-state index is 0.452. The molecular weight excluding hydrogens is 238 g/mol. The Morgan fingerprint density at radius 1 is 1.32 bits per heavy atom. The lowest BCUT2D eigenvalue weighted by molar-refractivity contribution is 0.266. The SMILES string of the molecule is CCN(Cc1ccccn1)Cc1cc(CN)oc1C. The van der Waals surface area contributed by atoms with Gasteiger partial charge in [-0.3, -0.25) is 9.88 Å². The highest BCUT2D eigenvalue weighted by atomic mass is 16.3. The van der Waals surface area contributed by atoms with Gasteiger partial charge >= 0.3 is 0 Å². The molecule has 102 valence electrons. The highest BCUT2D eigenvalue weighted by Crippen LogP contribution is 2.17. The highest BCUT2D eigenvalue weighted by Gasteiger charge is 2.11. The molecule has 0 bridgehead atoms. The molecule has 2 aromatic heterocycles. The Hall–Kier alpha value is -1.65. The van der Waals surface area contributed by atoms with Gasteiger partial charge in [0.25, 0.3) is 0 Å². The lowest BCUT2D eigenvalue weighted by atomic mass is 10.2. The third kappa shape index (κ3) is 3.66. The van der Waals surface area contributed by atoms with Gasteiger partial charge in [0.2, 0.25) is 0 Å². The normalized spacial score (nSPS) is 11.2. The Morgan fingerprint density at radius 2 is 2.16 bits per heavy atom. The van der Waals surface area contributed by atoms with Crippen molar-refractivity contribution in [1.29, 1.82) is 0 Å². The average molecular weight is 259 g/mol. The Bertz CT molecular complexity index is 507. The van der Waals surface area contributed by atoms with Crippen LogP contribution in [0.5, 0.6) is 0 Å². The van der Waals surface area contributed by atoms with E-state index in [1.807, 2.05) is 25.3 Å². The second kappa shape index (κ2) is 6.50. The topological polar surface area (TPSA) is 55.3 Å². The number of aryl methyl sites for hydroxylation is 1. The molecule has 0 aromatic carbocycles. The molecule has 0 radical (unpaired) electrons. The summed E-state index contributed by atoms with van der Waals surface area (Å²) in [5.41, 5.74) is 7.90. The highest BCUT2D eigenvalue weighted by molar-refractivity contribution is 5.20. The summed E-state index contributed by atoms with van der Waals surface area (Å²) >= 11 is 0. The van der Waals surface area contributed by atoms with Gasteiger partial charge in [-0.15, -0.1) is 0 Å². The number of nitrogens with two attached hydrogens (primary N) is 1. The Balaban J connectivity index is 2.04. The fourth-order valence-electron chi connectivity index (χ4n) is 2.09. The van der Waals surface area contributed by atoms with Crippen molar-refractivity contribution in [3.63, 3.8) is 0 Å². The molecule has 2 rings (SSSR count). The summed E-state index contributed by atoms with van der Waals surface area (Å²) in [4.78, 5) is 6.70. The molecule has 2 aromatic rings. The van der Waals surface area contributed by atoms with Gasteiger partial charge in [0.1, 0.15) is 11.5 Å². The number of furan rings is 1. The molecule has 0 aliphatic carbocycles. The van der Waals surface area contributed by atoms with Gasteiger partial charge in [-0.05, 0) is 31.7 Å². The van der Waals surface area contributed by atoms with Crippen LogP contribution in [-0.2, 0) is 19.6 Å². The molecule has 0 aliphatic rings. The lowest BCUT2D eigenvalue weighted by Crippen LogP contribution is -2.22. The number of pyridine rings is 1. The van der Waals surface area contributed by atoms with Gasteiger partial charge in [-0.1, -0.05) is 13.0 Å². The molecule has 0 saturated heterocycles. The number of aromatic nitrogens is 1. The van der Waals surface area contributed by atoms with Crippen LogP contribution in [0.1, 0.15) is 29.7 Å². The summed E-state index contributed by atoms with van der Waals surface area (Å²) in [5.74, 6) is 1.81. The minimum absolute atomic E-state index is 0.452. The number of nitrogens with zero attached hydrogens (tertiary/aromatic N) is 2. The maximum Gasteiger partial charge on any atom is 0.118 e. The van der Waals surface area contributed by atoms with Gasteiger partial charge in [0.15, 0.2) is 0 Å². The molecule has 0 saturated carbocycles. The second-order valence-electron chi connectivity index (χ2n) is 4.62. The number of hydrogen-bond acceptors (Lipinski definition) is 4. The molecule has 0 fully saturated rings. The zero-order valence-corrected chi connectivity index (χ0v) is 11.6. The van der Waals surface area contributed by atoms with E-state index in [9.17, 15) is 0 Å². The van der Waals surface area contributed by atoms with Crippen molar-refractivity contribution in [1.82, 2.24) is 9.88 Å². The predicted molar refractivity (Wildman–Crippen MR) is 75.4 cm³/mol. The zero-order valence-electron chi connectivity index (χ0n) is 11.6. The predicted octanol–water partition coefficient (Wildman–Crippen LogP) is 2.46. The van der Waals surface area contributed by atoms with Crippen molar-refractivity contribution in [3.05, 3.63) is 53.2 Å². The molecule has 4 nitrogen and oxygen atoms in total. The van der Waals surface area contributed by atoms with Crippen molar-refractivity contribution in [3.8, 4) is 0 Å². The molecule has 19 heavy (non-hydrogen) atoms. The second-order valence-corrected chi connectivity index (χ2v) is 4.62. The largest absolute Gasteiger partial charge is 0.465 e. The van der Waals surface area contributed by atoms with Gasteiger partial charge < -0.3 is 10.2 Å². The molecule has 0 unspecified atom stereocenters. The smallest absolute Gasteiger partial charge is 0.118 e. The first-order valence-electron chi connectivity index (χ1n) is 6.63. The quantitative estimate of drug-likeness (QED) is 0.865. The van der Waals surface area contributed by atoms with Gasteiger partial charge in [0, 0.05) is 24.8 Å². The summed E-state index contributed by atoms with van der Waals surface area (Å²) in [7, 11) is 0. The van der Waals surface area contributed by atoms with E-state index in [0.29, 0.717) is 6.54 Å². The zero-order chi connectivity index (χ0) is 13.7. The summed E-state index contributed by atoms with van der Waals surface area (Å²) in [5, 5.41) is 0. The van der Waals surface area contributed by atoms with Crippen LogP contribution in [-0.4, -0.2) is 16.4 Å². The van der Waals surface area contributed by atoms with Crippen molar-refractivity contribution in [2.24, 2.45) is 5.73 Å². The molecule has 0 atom stereocenters. The summed E-state index contributed by atoms with van der Waals surface area (Å²) in [6.07, 6.45) is 1.83. The van der Waals surface area contributed by atoms with Crippen LogP contribution in [0, 0.1) is 6.92 Å². The minimum Gasteiger partial charge on any atom is -0.465 e. The molecule has 2 heterocycles. The Kier molecular flexibility index (Phi) is 4.71. The lowest BCUT2D eigenvalue weighted by Gasteiger charge is -2.19. The first-order valence-corrected chi connectivity index (χ1v) is 6.63. The van der Waals surface area contributed by atoms with Crippen LogP contribution in [0.3, 0.4) is 0 Å². The van der Waals surface area contributed by atoms with Gasteiger partial charge in [0.05, 0.1) is 12.2 Å². The monoisotopic (exact) mass is 259 g/mol. The van der Waals surface area contributed by atoms with E-state index in [2.05, 4.69) is 28.9 Å². The first-order chi connectivity index (χ1) is 9.22. The maximum atomic E-state index is 5.60. The van der Waals surface area contributed by atoms with Crippen LogP contribution >= 0.6 is 0 Å². The first kappa shape index (κ1) is 13.8. The average Bonchev–Trinajstić information content (AvgIpc) is 2.80. The van der Waals surface area contributed by atoms with E-state index in [4.69, 9.17) is 10.2 Å². The van der Waals surface area contributed by atoms with Crippen LogP contribution in [0.15, 0.2) is 34.9 Å². The van der Waals surface area contributed by atoms with Crippen LogP contribution < -0.4 is 5.73 Å². The van der Waals surface area contributed by atoms with Gasteiger partial charge in [-0.2, -0.15) is 0 Å². The van der Waals surface area contributed by atoms with E-state index < -0.39 is 0 Å². The van der Waals surface area contributed by atoms with Crippen molar-refractivity contribution in [2.45, 2.75) is 33.5 Å². The van der Waals surface area contributed by atoms with E-state index in [1.165, 1.54) is 5.56 Å². The molecular formula is C15H21N3O. The van der Waals surface area contributed by atoms with Crippen LogP contribution in [0.2, 0.25) is 0 Å². The Morgan fingerprint density at radius 3 is 2.74 bits per heavy atom. The molecule has 2 N–H and O–H groups in total. The van der Waals surface area contributed by atoms with Crippen molar-refractivity contribution >= 4 is 0 Å². The van der Waals surface area contributed by atoms with Crippen molar-refractivity contribution in [2.75, 3.05) is 6.54 Å². The fourth-order valence-corrected chi connectivity index (χ4v) is 2.09. The maximum absolute atomic E-state index is 5.60. The number of hydrogen-bond donors (Lipinski definition) is 1. The molecule has 0 aliphatic heterocycles. The van der Waals surface area contributed by atoms with E-state index in [1.54, 1.807) is 0 Å². The summed E-state index contributed by atoms with van der Waals surface area (Å²) < 4.78 is 5.59. The Labute approximate surface area is 114 Å². The van der Waals surface area contributed by atoms with E-state index >= 15 is 0 Å². The van der Waals surface area contributed by atoms with Gasteiger partial charge in [-0.25, -0.2) is 0 Å². The molecule has 0 amide bonds. The van der Waals surface area contributed by atoms with Crippen molar-refractivity contribution < 1.29 is 4.42 Å². The standard InChI is InChI=1S/C15H21N3O/c1-3-18(11-14-6-4-5-7-17-14)10-13-8-15(9-16)19-12(13)2/h4-8H,3,9-11,16H2,1-2H3. The third-order valence-corrected chi connectivity index (χ3v) is 3.23. The van der Waals surface area contributed by atoms with E-state index in [0.717, 1.165) is 36.8 Å².